The van der Waals surface area contributed by atoms with E-state index in [1.165, 1.54) is 18.6 Å². The van der Waals surface area contributed by atoms with Gasteiger partial charge in [-0.1, -0.05) is 34.4 Å². The van der Waals surface area contributed by atoms with Crippen molar-refractivity contribution in [1.82, 2.24) is 25.4 Å². The molecule has 1 atom stereocenters. The lowest BCUT2D eigenvalue weighted by molar-refractivity contribution is 0.0940. The van der Waals surface area contributed by atoms with Crippen LogP contribution < -0.4 is 16.0 Å². The van der Waals surface area contributed by atoms with Crippen LogP contribution in [-0.4, -0.2) is 51.4 Å². The van der Waals surface area contributed by atoms with E-state index in [9.17, 15) is 9.59 Å². The van der Waals surface area contributed by atoms with Crippen molar-refractivity contribution in [3.63, 3.8) is 0 Å². The molecular formula is C22H17Cl2N7O3. The zero-order valence-corrected chi connectivity index (χ0v) is 19.0. The average molecular weight is 498 g/mol. The summed E-state index contributed by atoms with van der Waals surface area (Å²) in [5, 5.41) is 7.99. The van der Waals surface area contributed by atoms with Crippen LogP contribution in [0.4, 0.5) is 11.6 Å². The highest BCUT2D eigenvalue weighted by molar-refractivity contribution is 6.36. The Balaban J connectivity index is 1.29. The second-order valence-corrected chi connectivity index (χ2v) is 8.56. The highest BCUT2D eigenvalue weighted by Crippen LogP contribution is 2.35. The first-order chi connectivity index (χ1) is 16.4. The van der Waals surface area contributed by atoms with Crippen molar-refractivity contribution in [3.8, 4) is 11.1 Å². The van der Waals surface area contributed by atoms with Crippen LogP contribution in [0.5, 0.6) is 0 Å². The van der Waals surface area contributed by atoms with Gasteiger partial charge in [-0.05, 0) is 24.1 Å². The molecule has 4 heterocycles. The van der Waals surface area contributed by atoms with Crippen molar-refractivity contribution in [2.24, 2.45) is 0 Å². The van der Waals surface area contributed by atoms with E-state index in [1.807, 2.05) is 4.90 Å². The van der Waals surface area contributed by atoms with Crippen molar-refractivity contribution in [2.75, 3.05) is 23.7 Å². The summed E-state index contributed by atoms with van der Waals surface area (Å²) in [5.74, 6) is 0.592. The molecule has 10 nitrogen and oxygen atoms in total. The number of fused-ring (bicyclic) bond motifs is 1. The minimum Gasteiger partial charge on any atom is -0.380 e. The molecule has 3 N–H and O–H groups in total. The molecule has 1 aliphatic heterocycles. The van der Waals surface area contributed by atoms with Crippen LogP contribution in [-0.2, 0) is 0 Å². The summed E-state index contributed by atoms with van der Waals surface area (Å²) >= 11 is 12.6. The number of carbonyl (C=O) groups excluding carboxylic acids is 2. The molecule has 0 aliphatic carbocycles. The van der Waals surface area contributed by atoms with Gasteiger partial charge in [-0.15, -0.1) is 0 Å². The Kier molecular flexibility index (Phi) is 5.76. The quantitative estimate of drug-likeness (QED) is 0.396. The first-order valence-electron chi connectivity index (χ1n) is 10.3. The van der Waals surface area contributed by atoms with Gasteiger partial charge in [-0.25, -0.2) is 15.0 Å². The van der Waals surface area contributed by atoms with Crippen molar-refractivity contribution in [2.45, 2.75) is 12.5 Å². The highest BCUT2D eigenvalue weighted by Gasteiger charge is 2.29. The zero-order chi connectivity index (χ0) is 23.8. The molecule has 5 rings (SSSR count). The van der Waals surface area contributed by atoms with E-state index in [4.69, 9.17) is 33.5 Å². The third kappa shape index (κ3) is 4.02. The number of rotatable bonds is 5. The number of anilines is 2. The summed E-state index contributed by atoms with van der Waals surface area (Å²) in [6, 6.07) is 4.94. The molecule has 1 fully saturated rings. The molecule has 1 aliphatic rings. The van der Waals surface area contributed by atoms with Crippen LogP contribution in [0.1, 0.15) is 27.4 Å². The zero-order valence-electron chi connectivity index (χ0n) is 17.5. The number of nitrogens with one attached hydrogen (secondary N) is 1. The molecule has 12 heteroatoms. The third-order valence-corrected chi connectivity index (χ3v) is 6.21. The van der Waals surface area contributed by atoms with Crippen LogP contribution in [0, 0.1) is 0 Å². The van der Waals surface area contributed by atoms with Crippen molar-refractivity contribution >= 4 is 58.0 Å². The normalized spacial score (nSPS) is 15.6. The van der Waals surface area contributed by atoms with Gasteiger partial charge in [0.15, 0.2) is 23.7 Å². The summed E-state index contributed by atoms with van der Waals surface area (Å²) in [7, 11) is 0. The van der Waals surface area contributed by atoms with Gasteiger partial charge in [0.25, 0.3) is 5.91 Å². The Morgan fingerprint density at radius 3 is 2.68 bits per heavy atom. The maximum absolute atomic E-state index is 12.9. The van der Waals surface area contributed by atoms with E-state index >= 15 is 0 Å². The van der Waals surface area contributed by atoms with Gasteiger partial charge in [-0.3, -0.25) is 9.59 Å². The highest BCUT2D eigenvalue weighted by atomic mass is 35.5. The molecule has 0 bridgehead atoms. The van der Waals surface area contributed by atoms with Gasteiger partial charge in [0, 0.05) is 43.3 Å². The molecule has 172 valence electrons. The van der Waals surface area contributed by atoms with E-state index in [1.54, 1.807) is 18.2 Å². The lowest BCUT2D eigenvalue weighted by Gasteiger charge is -2.18. The lowest BCUT2D eigenvalue weighted by Crippen LogP contribution is -2.37. The molecule has 1 amide bonds. The van der Waals surface area contributed by atoms with E-state index in [0.717, 1.165) is 5.56 Å². The molecule has 3 aromatic heterocycles. The fourth-order valence-electron chi connectivity index (χ4n) is 3.91. The summed E-state index contributed by atoms with van der Waals surface area (Å²) < 4.78 is 5.34. The predicted octanol–water partition coefficient (Wildman–Crippen LogP) is 3.39. The molecule has 1 aromatic carbocycles. The minimum atomic E-state index is -0.283. The number of benzene rings is 1. The molecule has 1 saturated heterocycles. The lowest BCUT2D eigenvalue weighted by atomic mass is 10.1. The van der Waals surface area contributed by atoms with Gasteiger partial charge in [0.1, 0.15) is 0 Å². The van der Waals surface area contributed by atoms with Gasteiger partial charge in [0.2, 0.25) is 5.58 Å². The Hall–Kier alpha value is -3.76. The standard InChI is InChI=1S/C22H17Cl2N7O3/c23-15-5-11(12-6-26-17(10-32)27-7-12)1-2-14(15)22(33)29-13-3-4-31(9-13)21-19-18(16(24)8-28-21)20(25)30-34-19/h1-2,5-8,10,13H,3-4,9H2,(H2,25,30)(H,29,33)/t13-/m1/s1. The van der Waals surface area contributed by atoms with Gasteiger partial charge >= 0.3 is 0 Å². The molecule has 0 spiro atoms. The molecule has 0 unspecified atom stereocenters. The van der Waals surface area contributed by atoms with Crippen molar-refractivity contribution in [1.29, 1.82) is 0 Å². The summed E-state index contributed by atoms with van der Waals surface area (Å²) in [5.41, 5.74) is 8.03. The largest absolute Gasteiger partial charge is 0.380 e. The number of halogens is 2. The fraction of sp³-hybridized carbons (Fsp3) is 0.182. The number of nitrogens with zero attached hydrogens (tertiary/aromatic N) is 5. The second kappa shape index (κ2) is 8.88. The molecular weight excluding hydrogens is 481 g/mol. The first-order valence-corrected chi connectivity index (χ1v) is 11.0. The van der Waals surface area contributed by atoms with E-state index in [0.29, 0.717) is 63.8 Å². The molecule has 0 saturated carbocycles. The van der Waals surface area contributed by atoms with Gasteiger partial charge < -0.3 is 20.5 Å². The number of amides is 1. The number of nitrogens with two attached hydrogens (primary N) is 1. The van der Waals surface area contributed by atoms with Gasteiger partial charge in [-0.2, -0.15) is 0 Å². The number of nitrogen functional groups attached to an aromatic ring is 1. The minimum absolute atomic E-state index is 0.0952. The van der Waals surface area contributed by atoms with Crippen LogP contribution >= 0.6 is 23.2 Å². The third-order valence-electron chi connectivity index (χ3n) is 5.61. The van der Waals surface area contributed by atoms with Crippen LogP contribution in [0.15, 0.2) is 41.3 Å². The summed E-state index contributed by atoms with van der Waals surface area (Å²) in [6.45, 7) is 1.17. The van der Waals surface area contributed by atoms with Gasteiger partial charge in [0.05, 0.1) is 21.0 Å². The van der Waals surface area contributed by atoms with Crippen molar-refractivity contribution < 1.29 is 14.1 Å². The number of carbonyl (C=O) groups is 2. The molecule has 4 aromatic rings. The predicted molar refractivity (Wildman–Crippen MR) is 127 cm³/mol. The number of hydrogen-bond acceptors (Lipinski definition) is 9. The first kappa shape index (κ1) is 22.1. The smallest absolute Gasteiger partial charge is 0.253 e. The monoisotopic (exact) mass is 497 g/mol. The second-order valence-electron chi connectivity index (χ2n) is 7.75. The Morgan fingerprint density at radius 2 is 1.94 bits per heavy atom. The fourth-order valence-corrected chi connectivity index (χ4v) is 4.41. The average Bonchev–Trinajstić information content (AvgIpc) is 3.46. The maximum atomic E-state index is 12.9. The Labute approximate surface area is 203 Å². The van der Waals surface area contributed by atoms with Crippen LogP contribution in [0.25, 0.3) is 22.1 Å². The molecule has 34 heavy (non-hydrogen) atoms. The Morgan fingerprint density at radius 1 is 1.15 bits per heavy atom. The van der Waals surface area contributed by atoms with Crippen LogP contribution in [0.2, 0.25) is 10.0 Å². The Bertz CT molecular complexity index is 1410. The number of pyridine rings is 1. The maximum Gasteiger partial charge on any atom is 0.253 e. The van der Waals surface area contributed by atoms with E-state index in [2.05, 4.69) is 25.4 Å². The summed E-state index contributed by atoms with van der Waals surface area (Å²) in [4.78, 5) is 37.9. The topological polar surface area (TPSA) is 140 Å². The number of aldehydes is 1. The SMILES string of the molecule is Nc1noc2c(N3CC[C@@H](NC(=O)c4ccc(-c5cnc(C=O)nc5)cc4Cl)C3)ncc(Cl)c12. The van der Waals surface area contributed by atoms with E-state index in [-0.39, 0.29) is 23.6 Å². The number of aromatic nitrogens is 4. The van der Waals surface area contributed by atoms with E-state index < -0.39 is 0 Å². The molecule has 0 radical (unpaired) electrons. The summed E-state index contributed by atoms with van der Waals surface area (Å²) in [6.07, 6.45) is 5.84. The van der Waals surface area contributed by atoms with Crippen LogP contribution in [0.3, 0.4) is 0 Å². The number of hydrogen-bond donors (Lipinski definition) is 2. The van der Waals surface area contributed by atoms with Crippen molar-refractivity contribution in [3.05, 3.63) is 58.2 Å².